The molecule has 1 aromatic heterocycles. The van der Waals surface area contributed by atoms with Crippen LogP contribution in [0.25, 0.3) is 10.9 Å². The highest BCUT2D eigenvalue weighted by Gasteiger charge is 2.29. The standard InChI is InChI=1S/C28H22ClF3N2O5/c29-21-13-22-20(11-23(21)39-17-28(30,31)32)12-24(37-15-18-7-3-1-4-8-18)26(34-22)27(36)33-14-25(35)38-16-19-9-5-2-6-10-19/h1-13H,14-17H2,(H,33,36). The first-order valence-corrected chi connectivity index (χ1v) is 12.0. The molecule has 0 atom stereocenters. The molecule has 4 rings (SSSR count). The van der Waals surface area contributed by atoms with Crippen LogP contribution in [0.3, 0.4) is 0 Å². The summed E-state index contributed by atoms with van der Waals surface area (Å²) in [5.74, 6) is -1.53. The van der Waals surface area contributed by atoms with Crippen LogP contribution in [-0.2, 0) is 22.7 Å². The molecule has 202 valence electrons. The Kier molecular flexibility index (Phi) is 8.88. The number of halogens is 4. The van der Waals surface area contributed by atoms with Crippen LogP contribution in [-0.4, -0.2) is 36.2 Å². The van der Waals surface area contributed by atoms with Crippen molar-refractivity contribution in [3.05, 3.63) is 101 Å². The Labute approximate surface area is 226 Å². The number of rotatable bonds is 10. The van der Waals surface area contributed by atoms with E-state index in [1.54, 1.807) is 12.1 Å². The van der Waals surface area contributed by atoms with Crippen molar-refractivity contribution in [3.8, 4) is 11.5 Å². The number of ether oxygens (including phenoxy) is 3. The van der Waals surface area contributed by atoms with E-state index >= 15 is 0 Å². The van der Waals surface area contributed by atoms with Crippen LogP contribution in [0.4, 0.5) is 13.2 Å². The molecule has 1 heterocycles. The van der Waals surface area contributed by atoms with Gasteiger partial charge >= 0.3 is 12.1 Å². The molecule has 4 aromatic rings. The van der Waals surface area contributed by atoms with Crippen molar-refractivity contribution in [2.24, 2.45) is 0 Å². The van der Waals surface area contributed by atoms with Gasteiger partial charge in [-0.3, -0.25) is 9.59 Å². The van der Waals surface area contributed by atoms with Crippen molar-refractivity contribution in [2.45, 2.75) is 19.4 Å². The Bertz CT molecular complexity index is 1450. The van der Waals surface area contributed by atoms with Crippen molar-refractivity contribution in [1.29, 1.82) is 0 Å². The number of esters is 1. The van der Waals surface area contributed by atoms with Crippen LogP contribution in [0.5, 0.6) is 11.5 Å². The van der Waals surface area contributed by atoms with Gasteiger partial charge in [0, 0.05) is 5.39 Å². The van der Waals surface area contributed by atoms with Crippen molar-refractivity contribution in [1.82, 2.24) is 10.3 Å². The van der Waals surface area contributed by atoms with E-state index in [2.05, 4.69) is 10.3 Å². The fraction of sp³-hybridized carbons (Fsp3) is 0.179. The third-order valence-electron chi connectivity index (χ3n) is 5.31. The topological polar surface area (TPSA) is 86.8 Å². The average molecular weight is 559 g/mol. The predicted molar refractivity (Wildman–Crippen MR) is 138 cm³/mol. The van der Waals surface area contributed by atoms with Gasteiger partial charge in [0.25, 0.3) is 5.91 Å². The summed E-state index contributed by atoms with van der Waals surface area (Å²) in [5.41, 5.74) is 1.66. The summed E-state index contributed by atoms with van der Waals surface area (Å²) in [5, 5.41) is 2.68. The molecule has 11 heteroatoms. The summed E-state index contributed by atoms with van der Waals surface area (Å²) in [4.78, 5) is 29.5. The molecule has 0 fully saturated rings. The number of nitrogens with one attached hydrogen (secondary N) is 1. The number of carbonyl (C=O) groups is 2. The number of hydrogen-bond acceptors (Lipinski definition) is 6. The van der Waals surface area contributed by atoms with Gasteiger partial charge in [0.1, 0.15) is 25.5 Å². The van der Waals surface area contributed by atoms with Crippen LogP contribution in [0.2, 0.25) is 5.02 Å². The van der Waals surface area contributed by atoms with Gasteiger partial charge < -0.3 is 19.5 Å². The number of carbonyl (C=O) groups excluding carboxylic acids is 2. The van der Waals surface area contributed by atoms with Gasteiger partial charge in [0.15, 0.2) is 18.1 Å². The minimum Gasteiger partial charge on any atom is -0.486 e. The van der Waals surface area contributed by atoms with Gasteiger partial charge in [-0.05, 0) is 29.3 Å². The second kappa shape index (κ2) is 12.5. The van der Waals surface area contributed by atoms with Crippen LogP contribution in [0, 0.1) is 0 Å². The van der Waals surface area contributed by atoms with Crippen LogP contribution < -0.4 is 14.8 Å². The monoisotopic (exact) mass is 558 g/mol. The van der Waals surface area contributed by atoms with E-state index in [-0.39, 0.29) is 40.9 Å². The van der Waals surface area contributed by atoms with Crippen molar-refractivity contribution < 1.29 is 37.0 Å². The number of nitrogens with zero attached hydrogens (tertiary/aromatic N) is 1. The fourth-order valence-corrected chi connectivity index (χ4v) is 3.67. The highest BCUT2D eigenvalue weighted by Crippen LogP contribution is 2.33. The number of pyridine rings is 1. The molecular weight excluding hydrogens is 537 g/mol. The van der Waals surface area contributed by atoms with Crippen LogP contribution in [0.15, 0.2) is 78.9 Å². The van der Waals surface area contributed by atoms with E-state index in [0.29, 0.717) is 5.39 Å². The summed E-state index contributed by atoms with van der Waals surface area (Å²) in [7, 11) is 0. The maximum absolute atomic E-state index is 13.0. The number of amides is 1. The zero-order chi connectivity index (χ0) is 27.8. The molecular formula is C28H22ClF3N2O5. The largest absolute Gasteiger partial charge is 0.486 e. The maximum Gasteiger partial charge on any atom is 0.422 e. The van der Waals surface area contributed by atoms with Gasteiger partial charge in [-0.1, -0.05) is 72.3 Å². The second-order valence-electron chi connectivity index (χ2n) is 8.32. The molecule has 0 aliphatic heterocycles. The van der Waals surface area contributed by atoms with Gasteiger partial charge in [-0.2, -0.15) is 13.2 Å². The molecule has 3 aromatic carbocycles. The SMILES string of the molecule is O=C(CNC(=O)c1nc2cc(Cl)c(OCC(F)(F)F)cc2cc1OCc1ccccc1)OCc1ccccc1. The number of aromatic nitrogens is 1. The maximum atomic E-state index is 13.0. The molecule has 0 saturated carbocycles. The Morgan fingerprint density at radius 1 is 0.846 bits per heavy atom. The number of hydrogen-bond donors (Lipinski definition) is 1. The molecule has 0 bridgehead atoms. The molecule has 39 heavy (non-hydrogen) atoms. The Balaban J connectivity index is 1.54. The molecule has 0 unspecified atom stereocenters. The molecule has 7 nitrogen and oxygen atoms in total. The highest BCUT2D eigenvalue weighted by atomic mass is 35.5. The van der Waals surface area contributed by atoms with E-state index in [1.807, 2.05) is 48.5 Å². The van der Waals surface area contributed by atoms with Crippen LogP contribution >= 0.6 is 11.6 Å². The first-order valence-electron chi connectivity index (χ1n) is 11.7. The normalized spacial score (nSPS) is 11.2. The van der Waals surface area contributed by atoms with Crippen LogP contribution in [0.1, 0.15) is 21.6 Å². The third kappa shape index (κ3) is 8.08. The van der Waals surface area contributed by atoms with Crippen molar-refractivity contribution in [2.75, 3.05) is 13.2 Å². The van der Waals surface area contributed by atoms with E-state index in [4.69, 9.17) is 25.8 Å². The predicted octanol–water partition coefficient (Wildman–Crippen LogP) is 5.88. The number of alkyl halides is 3. The lowest BCUT2D eigenvalue weighted by atomic mass is 10.1. The Morgan fingerprint density at radius 3 is 2.10 bits per heavy atom. The number of benzene rings is 3. The molecule has 1 N–H and O–H groups in total. The molecule has 0 spiro atoms. The van der Waals surface area contributed by atoms with Crippen molar-refractivity contribution in [3.63, 3.8) is 0 Å². The first-order chi connectivity index (χ1) is 18.7. The summed E-state index contributed by atoms with van der Waals surface area (Å²) in [6, 6.07) is 22.2. The lowest BCUT2D eigenvalue weighted by Gasteiger charge is -2.15. The zero-order valence-electron chi connectivity index (χ0n) is 20.3. The minimum atomic E-state index is -4.55. The van der Waals surface area contributed by atoms with Gasteiger partial charge in [0.2, 0.25) is 0 Å². The van der Waals surface area contributed by atoms with E-state index in [9.17, 15) is 22.8 Å². The Morgan fingerprint density at radius 2 is 1.46 bits per heavy atom. The fourth-order valence-electron chi connectivity index (χ4n) is 3.46. The third-order valence-corrected chi connectivity index (χ3v) is 5.61. The van der Waals surface area contributed by atoms with E-state index in [1.165, 1.54) is 18.2 Å². The molecule has 0 saturated heterocycles. The van der Waals surface area contributed by atoms with Gasteiger partial charge in [-0.25, -0.2) is 4.98 Å². The average Bonchev–Trinajstić information content (AvgIpc) is 2.93. The van der Waals surface area contributed by atoms with Crippen molar-refractivity contribution >= 4 is 34.4 Å². The smallest absolute Gasteiger partial charge is 0.422 e. The molecule has 0 radical (unpaired) electrons. The lowest BCUT2D eigenvalue weighted by molar-refractivity contribution is -0.153. The first kappa shape index (κ1) is 27.7. The number of fused-ring (bicyclic) bond motifs is 1. The summed E-state index contributed by atoms with van der Waals surface area (Å²) < 4.78 is 53.8. The minimum absolute atomic E-state index is 0.0469. The molecule has 0 aliphatic rings. The van der Waals surface area contributed by atoms with E-state index in [0.717, 1.165) is 11.1 Å². The molecule has 0 aliphatic carbocycles. The quantitative estimate of drug-likeness (QED) is 0.245. The van der Waals surface area contributed by atoms with Gasteiger partial charge in [-0.15, -0.1) is 0 Å². The molecule has 1 amide bonds. The zero-order valence-corrected chi connectivity index (χ0v) is 21.1. The van der Waals surface area contributed by atoms with Gasteiger partial charge in [0.05, 0.1) is 10.5 Å². The lowest BCUT2D eigenvalue weighted by Crippen LogP contribution is -2.31. The summed E-state index contributed by atoms with van der Waals surface area (Å²) >= 11 is 6.11. The highest BCUT2D eigenvalue weighted by molar-refractivity contribution is 6.32. The Hall–Kier alpha value is -4.31. The van der Waals surface area contributed by atoms with E-state index < -0.39 is 31.2 Å². The summed E-state index contributed by atoms with van der Waals surface area (Å²) in [6.45, 7) is -1.82. The second-order valence-corrected chi connectivity index (χ2v) is 8.72. The summed E-state index contributed by atoms with van der Waals surface area (Å²) in [6.07, 6.45) is -4.55.